The predicted molar refractivity (Wildman–Crippen MR) is 73.8 cm³/mol. The summed E-state index contributed by atoms with van der Waals surface area (Å²) in [6.45, 7) is 1.13. The third-order valence-corrected chi connectivity index (χ3v) is 4.38. The lowest BCUT2D eigenvalue weighted by atomic mass is 9.93. The Kier molecular flexibility index (Phi) is 3.64. The van der Waals surface area contributed by atoms with Gasteiger partial charge >= 0.3 is 0 Å². The van der Waals surface area contributed by atoms with Crippen LogP contribution in [0.2, 0.25) is 0 Å². The largest absolute Gasteiger partial charge is 0.364 e. The van der Waals surface area contributed by atoms with Crippen LogP contribution in [0, 0.1) is 5.92 Å². The number of nitrogens with zero attached hydrogens (tertiary/aromatic N) is 2. The second kappa shape index (κ2) is 5.58. The molecule has 3 rings (SSSR count). The number of likely N-dealkylation sites (tertiary alicyclic amines) is 1. The molecule has 0 spiro atoms. The summed E-state index contributed by atoms with van der Waals surface area (Å²) in [7, 11) is 0. The Bertz CT molecular complexity index is 540. The molecule has 1 saturated heterocycles. The molecule has 104 valence electrons. The summed E-state index contributed by atoms with van der Waals surface area (Å²) < 4.78 is 4.70. The van der Waals surface area contributed by atoms with E-state index in [9.17, 15) is 9.59 Å². The number of amides is 1. The lowest BCUT2D eigenvalue weighted by molar-refractivity contribution is 0.0630. The lowest BCUT2D eigenvalue weighted by Crippen LogP contribution is -2.42. The fourth-order valence-electron chi connectivity index (χ4n) is 2.48. The van der Waals surface area contributed by atoms with Gasteiger partial charge in [0.1, 0.15) is 6.26 Å². The fraction of sp³-hybridized carbons (Fsp3) is 0.357. The van der Waals surface area contributed by atoms with Crippen molar-refractivity contribution in [2.75, 3.05) is 13.1 Å². The van der Waals surface area contributed by atoms with Gasteiger partial charge in [-0.2, -0.15) is 0 Å². The van der Waals surface area contributed by atoms with Crippen molar-refractivity contribution in [3.05, 3.63) is 40.4 Å². The van der Waals surface area contributed by atoms with E-state index in [1.54, 1.807) is 11.0 Å². The molecule has 3 heterocycles. The molecule has 0 radical (unpaired) electrons. The number of rotatable bonds is 3. The minimum atomic E-state index is -0.164. The smallest absolute Gasteiger partial charge is 0.276 e. The van der Waals surface area contributed by atoms with Crippen LogP contribution in [0.3, 0.4) is 0 Å². The number of carbonyl (C=O) groups is 2. The Hall–Kier alpha value is -1.95. The highest BCUT2D eigenvalue weighted by Gasteiger charge is 2.30. The number of carbonyl (C=O) groups excluding carboxylic acids is 2. The Morgan fingerprint density at radius 3 is 3.00 bits per heavy atom. The first-order chi connectivity index (χ1) is 9.75. The van der Waals surface area contributed by atoms with E-state index in [1.165, 1.54) is 17.6 Å². The Morgan fingerprint density at radius 1 is 1.40 bits per heavy atom. The number of hydrogen-bond donors (Lipinski definition) is 0. The molecule has 1 amide bonds. The number of hydrogen-bond acceptors (Lipinski definition) is 5. The summed E-state index contributed by atoms with van der Waals surface area (Å²) in [6, 6.07) is 5.26. The summed E-state index contributed by atoms with van der Waals surface area (Å²) >= 11 is 1.45. The monoisotopic (exact) mass is 290 g/mol. The number of Topliss-reactive ketones (excluding diaryl/α,β-unsaturated/α-hetero) is 1. The van der Waals surface area contributed by atoms with Crippen molar-refractivity contribution >= 4 is 23.0 Å². The van der Waals surface area contributed by atoms with Crippen molar-refractivity contribution in [3.8, 4) is 0 Å². The second-order valence-electron chi connectivity index (χ2n) is 4.82. The molecule has 5 nitrogen and oxygen atoms in total. The second-order valence-corrected chi connectivity index (χ2v) is 5.76. The van der Waals surface area contributed by atoms with Crippen molar-refractivity contribution < 1.29 is 14.1 Å². The number of thiophene rings is 1. The van der Waals surface area contributed by atoms with Gasteiger partial charge in [0.2, 0.25) is 0 Å². The van der Waals surface area contributed by atoms with Crippen LogP contribution < -0.4 is 0 Å². The maximum absolute atomic E-state index is 12.4. The topological polar surface area (TPSA) is 63.4 Å². The Morgan fingerprint density at radius 2 is 2.30 bits per heavy atom. The molecule has 1 fully saturated rings. The van der Waals surface area contributed by atoms with Crippen molar-refractivity contribution in [3.63, 3.8) is 0 Å². The maximum Gasteiger partial charge on any atom is 0.276 e. The van der Waals surface area contributed by atoms with Crippen LogP contribution in [0.1, 0.15) is 33.0 Å². The first-order valence-corrected chi connectivity index (χ1v) is 7.41. The predicted octanol–water partition coefficient (Wildman–Crippen LogP) is 2.47. The van der Waals surface area contributed by atoms with E-state index in [4.69, 9.17) is 4.52 Å². The quantitative estimate of drug-likeness (QED) is 0.815. The Labute approximate surface area is 120 Å². The van der Waals surface area contributed by atoms with Gasteiger partial charge in [-0.05, 0) is 24.3 Å². The highest BCUT2D eigenvalue weighted by Crippen LogP contribution is 2.24. The number of aromatic nitrogens is 1. The number of ketones is 1. The molecule has 0 aliphatic carbocycles. The number of piperidine rings is 1. The van der Waals surface area contributed by atoms with Gasteiger partial charge in [0.15, 0.2) is 11.5 Å². The van der Waals surface area contributed by atoms with Crippen LogP contribution >= 0.6 is 11.3 Å². The van der Waals surface area contributed by atoms with Gasteiger partial charge in [0, 0.05) is 25.1 Å². The van der Waals surface area contributed by atoms with Gasteiger partial charge in [-0.1, -0.05) is 11.2 Å². The SMILES string of the molecule is O=C(c1cccs1)[C@H]1CCCN(C(=O)c2ccon2)C1. The zero-order valence-electron chi connectivity index (χ0n) is 10.8. The summed E-state index contributed by atoms with van der Waals surface area (Å²) in [5, 5.41) is 5.56. The molecule has 0 saturated carbocycles. The van der Waals surface area contributed by atoms with Crippen LogP contribution in [-0.4, -0.2) is 34.8 Å². The van der Waals surface area contributed by atoms with Crippen LogP contribution in [0.25, 0.3) is 0 Å². The maximum atomic E-state index is 12.4. The first kappa shape index (κ1) is 13.1. The van der Waals surface area contributed by atoms with Crippen LogP contribution in [-0.2, 0) is 0 Å². The summed E-state index contributed by atoms with van der Waals surface area (Å²) in [5.74, 6) is -0.140. The highest BCUT2D eigenvalue weighted by atomic mass is 32.1. The molecule has 0 N–H and O–H groups in total. The molecule has 0 aromatic carbocycles. The van der Waals surface area contributed by atoms with Gasteiger partial charge in [-0.3, -0.25) is 9.59 Å². The molecule has 1 aliphatic rings. The normalized spacial score (nSPS) is 19.0. The van der Waals surface area contributed by atoms with E-state index in [1.807, 2.05) is 17.5 Å². The fourth-order valence-corrected chi connectivity index (χ4v) is 3.22. The van der Waals surface area contributed by atoms with Gasteiger partial charge in [-0.15, -0.1) is 11.3 Å². The molecule has 1 atom stereocenters. The van der Waals surface area contributed by atoms with Crippen molar-refractivity contribution in [2.45, 2.75) is 12.8 Å². The average Bonchev–Trinajstić information content (AvgIpc) is 3.18. The van der Waals surface area contributed by atoms with E-state index in [2.05, 4.69) is 5.16 Å². The molecule has 2 aromatic rings. The van der Waals surface area contributed by atoms with Gasteiger partial charge in [0.25, 0.3) is 5.91 Å². The van der Waals surface area contributed by atoms with E-state index in [-0.39, 0.29) is 17.6 Å². The molecule has 20 heavy (non-hydrogen) atoms. The molecule has 2 aromatic heterocycles. The van der Waals surface area contributed by atoms with Crippen LogP contribution in [0.5, 0.6) is 0 Å². The van der Waals surface area contributed by atoms with Gasteiger partial charge in [-0.25, -0.2) is 0 Å². The van der Waals surface area contributed by atoms with Crippen molar-refractivity contribution in [1.29, 1.82) is 0 Å². The molecule has 0 unspecified atom stereocenters. The third-order valence-electron chi connectivity index (χ3n) is 3.50. The highest BCUT2D eigenvalue weighted by molar-refractivity contribution is 7.12. The molecular formula is C14H14N2O3S. The first-order valence-electron chi connectivity index (χ1n) is 6.53. The summed E-state index contributed by atoms with van der Waals surface area (Å²) in [4.78, 5) is 27.0. The van der Waals surface area contributed by atoms with E-state index >= 15 is 0 Å². The minimum Gasteiger partial charge on any atom is -0.364 e. The summed E-state index contributed by atoms with van der Waals surface area (Å²) in [5.41, 5.74) is 0.300. The zero-order valence-corrected chi connectivity index (χ0v) is 11.6. The summed E-state index contributed by atoms with van der Waals surface area (Å²) in [6.07, 6.45) is 3.05. The molecular weight excluding hydrogens is 276 g/mol. The van der Waals surface area contributed by atoms with Gasteiger partial charge < -0.3 is 9.42 Å². The average molecular weight is 290 g/mol. The molecule has 1 aliphatic heterocycles. The molecule has 0 bridgehead atoms. The third kappa shape index (κ3) is 2.51. The minimum absolute atomic E-state index is 0.113. The van der Waals surface area contributed by atoms with E-state index in [0.717, 1.165) is 17.7 Å². The standard InChI is InChI=1S/C14H14N2O3S/c17-13(12-4-2-8-20-12)10-3-1-6-16(9-10)14(18)11-5-7-19-15-11/h2,4-5,7-8,10H,1,3,6,9H2/t10-/m0/s1. The van der Waals surface area contributed by atoms with Gasteiger partial charge in [0.05, 0.1) is 4.88 Å². The van der Waals surface area contributed by atoms with Crippen LogP contribution in [0.4, 0.5) is 0 Å². The van der Waals surface area contributed by atoms with E-state index < -0.39 is 0 Å². The molecule has 6 heteroatoms. The zero-order chi connectivity index (χ0) is 13.9. The lowest BCUT2D eigenvalue weighted by Gasteiger charge is -2.31. The van der Waals surface area contributed by atoms with Crippen molar-refractivity contribution in [2.24, 2.45) is 5.92 Å². The Balaban J connectivity index is 1.71. The van der Waals surface area contributed by atoms with Crippen LogP contribution in [0.15, 0.2) is 34.4 Å². The van der Waals surface area contributed by atoms with Crippen molar-refractivity contribution in [1.82, 2.24) is 10.1 Å². The van der Waals surface area contributed by atoms with E-state index in [0.29, 0.717) is 18.8 Å².